The van der Waals surface area contributed by atoms with E-state index in [1.165, 1.54) is 12.1 Å². The van der Waals surface area contributed by atoms with Crippen molar-refractivity contribution in [3.63, 3.8) is 0 Å². The fourth-order valence-corrected chi connectivity index (χ4v) is 1.59. The maximum atomic E-state index is 10.5. The largest absolute Gasteiger partial charge is 0.298 e. The highest BCUT2D eigenvalue weighted by Gasteiger charge is 2.01. The number of nitro benzene ring substituents is 1. The molecule has 2 aromatic carbocycles. The molecule has 0 aliphatic carbocycles. The van der Waals surface area contributed by atoms with E-state index in [4.69, 9.17) is 0 Å². The van der Waals surface area contributed by atoms with Gasteiger partial charge in [0.2, 0.25) is 0 Å². The molecule has 0 saturated carbocycles. The number of aldehydes is 1. The van der Waals surface area contributed by atoms with Crippen LogP contribution in [0.4, 0.5) is 5.69 Å². The monoisotopic (exact) mass is 253 g/mol. The van der Waals surface area contributed by atoms with E-state index >= 15 is 0 Å². The van der Waals surface area contributed by atoms with E-state index in [0.717, 1.165) is 17.4 Å². The third kappa shape index (κ3) is 3.35. The van der Waals surface area contributed by atoms with Crippen LogP contribution < -0.4 is 0 Å². The van der Waals surface area contributed by atoms with Crippen LogP contribution in [0, 0.1) is 10.1 Å². The Bertz CT molecular complexity index is 613. The van der Waals surface area contributed by atoms with Gasteiger partial charge >= 0.3 is 0 Å². The zero-order chi connectivity index (χ0) is 13.7. The van der Waals surface area contributed by atoms with Crippen LogP contribution in [-0.4, -0.2) is 11.2 Å². The third-order valence-electron chi connectivity index (χ3n) is 2.64. The molecule has 0 fully saturated rings. The number of carbonyl (C=O) groups excluding carboxylic acids is 1. The molecule has 0 N–H and O–H groups in total. The van der Waals surface area contributed by atoms with Crippen molar-refractivity contribution < 1.29 is 9.72 Å². The average molecular weight is 253 g/mol. The molecule has 94 valence electrons. The van der Waals surface area contributed by atoms with Gasteiger partial charge in [-0.1, -0.05) is 36.4 Å². The van der Waals surface area contributed by atoms with Crippen LogP contribution in [0.25, 0.3) is 12.2 Å². The van der Waals surface area contributed by atoms with Gasteiger partial charge in [-0.05, 0) is 23.3 Å². The van der Waals surface area contributed by atoms with Crippen LogP contribution in [0.1, 0.15) is 21.5 Å². The van der Waals surface area contributed by atoms with Crippen LogP contribution >= 0.6 is 0 Å². The Labute approximate surface area is 110 Å². The first-order chi connectivity index (χ1) is 9.19. The first-order valence-corrected chi connectivity index (χ1v) is 5.67. The Kier molecular flexibility index (Phi) is 3.83. The van der Waals surface area contributed by atoms with Crippen LogP contribution in [-0.2, 0) is 0 Å². The van der Waals surface area contributed by atoms with Crippen molar-refractivity contribution in [2.45, 2.75) is 0 Å². The van der Waals surface area contributed by atoms with Gasteiger partial charge in [-0.15, -0.1) is 0 Å². The van der Waals surface area contributed by atoms with Crippen molar-refractivity contribution in [1.82, 2.24) is 0 Å². The van der Waals surface area contributed by atoms with Crippen LogP contribution in [0.2, 0.25) is 0 Å². The van der Waals surface area contributed by atoms with Crippen molar-refractivity contribution in [3.05, 3.63) is 75.3 Å². The Hall–Kier alpha value is -2.75. The summed E-state index contributed by atoms with van der Waals surface area (Å²) in [7, 11) is 0. The van der Waals surface area contributed by atoms with Gasteiger partial charge in [0, 0.05) is 17.7 Å². The molecule has 19 heavy (non-hydrogen) atoms. The minimum Gasteiger partial charge on any atom is -0.298 e. The summed E-state index contributed by atoms with van der Waals surface area (Å²) in [6, 6.07) is 13.5. The Balaban J connectivity index is 2.12. The number of nitro groups is 1. The molecule has 0 unspecified atom stereocenters. The van der Waals surface area contributed by atoms with E-state index in [1.54, 1.807) is 24.3 Å². The van der Waals surface area contributed by atoms with Crippen LogP contribution in [0.3, 0.4) is 0 Å². The van der Waals surface area contributed by atoms with Crippen molar-refractivity contribution in [1.29, 1.82) is 0 Å². The van der Waals surface area contributed by atoms with Crippen molar-refractivity contribution in [3.8, 4) is 0 Å². The fourth-order valence-electron chi connectivity index (χ4n) is 1.59. The predicted molar refractivity (Wildman–Crippen MR) is 73.9 cm³/mol. The summed E-state index contributed by atoms with van der Waals surface area (Å²) in [6.07, 6.45) is 4.54. The number of non-ortho nitro benzene ring substituents is 1. The smallest absolute Gasteiger partial charge is 0.269 e. The number of hydrogen-bond acceptors (Lipinski definition) is 3. The van der Waals surface area contributed by atoms with Crippen molar-refractivity contribution in [2.24, 2.45) is 0 Å². The first-order valence-electron chi connectivity index (χ1n) is 5.67. The van der Waals surface area contributed by atoms with Gasteiger partial charge in [-0.3, -0.25) is 14.9 Å². The molecule has 0 spiro atoms. The topological polar surface area (TPSA) is 60.2 Å². The Morgan fingerprint density at radius 1 is 0.789 bits per heavy atom. The third-order valence-corrected chi connectivity index (χ3v) is 2.64. The minimum atomic E-state index is -0.425. The van der Waals surface area contributed by atoms with E-state index < -0.39 is 4.92 Å². The average Bonchev–Trinajstić information content (AvgIpc) is 2.46. The zero-order valence-electron chi connectivity index (χ0n) is 10.0. The number of carbonyl (C=O) groups is 1. The van der Waals surface area contributed by atoms with Gasteiger partial charge in [0.05, 0.1) is 4.92 Å². The molecule has 0 aliphatic rings. The molecule has 0 aromatic heterocycles. The predicted octanol–water partition coefficient (Wildman–Crippen LogP) is 3.58. The van der Waals surface area contributed by atoms with Gasteiger partial charge in [-0.25, -0.2) is 0 Å². The van der Waals surface area contributed by atoms with E-state index in [9.17, 15) is 14.9 Å². The zero-order valence-corrected chi connectivity index (χ0v) is 10.0. The molecular weight excluding hydrogens is 242 g/mol. The van der Waals surface area contributed by atoms with E-state index in [0.29, 0.717) is 5.56 Å². The molecule has 0 aliphatic heterocycles. The van der Waals surface area contributed by atoms with Gasteiger partial charge in [0.15, 0.2) is 0 Å². The summed E-state index contributed by atoms with van der Waals surface area (Å²) >= 11 is 0. The number of hydrogen-bond donors (Lipinski definition) is 0. The van der Waals surface area contributed by atoms with Gasteiger partial charge in [0.1, 0.15) is 6.29 Å². The summed E-state index contributed by atoms with van der Waals surface area (Å²) in [5.74, 6) is 0. The Morgan fingerprint density at radius 2 is 1.21 bits per heavy atom. The molecule has 0 amide bonds. The number of rotatable bonds is 4. The minimum absolute atomic E-state index is 0.0764. The van der Waals surface area contributed by atoms with Crippen molar-refractivity contribution in [2.75, 3.05) is 0 Å². The normalized spacial score (nSPS) is 10.5. The van der Waals surface area contributed by atoms with E-state index in [2.05, 4.69) is 0 Å². The molecule has 2 rings (SSSR count). The van der Waals surface area contributed by atoms with Crippen LogP contribution in [0.15, 0.2) is 48.5 Å². The molecule has 0 saturated heterocycles. The van der Waals surface area contributed by atoms with Crippen LogP contribution in [0.5, 0.6) is 0 Å². The molecule has 2 aromatic rings. The quantitative estimate of drug-likeness (QED) is 0.362. The van der Waals surface area contributed by atoms with Gasteiger partial charge in [0.25, 0.3) is 5.69 Å². The lowest BCUT2D eigenvalue weighted by Gasteiger charge is -1.95. The maximum Gasteiger partial charge on any atom is 0.269 e. The lowest BCUT2D eigenvalue weighted by Crippen LogP contribution is -1.86. The first kappa shape index (κ1) is 12.7. The van der Waals surface area contributed by atoms with Crippen molar-refractivity contribution >= 4 is 24.1 Å². The molecule has 4 heteroatoms. The summed E-state index contributed by atoms with van der Waals surface area (Å²) in [6.45, 7) is 0. The molecular formula is C15H11NO3. The number of benzene rings is 2. The SMILES string of the molecule is O=Cc1ccc(/C=C/c2ccc([N+](=O)[O-])cc2)cc1. The summed E-state index contributed by atoms with van der Waals surface area (Å²) in [5.41, 5.74) is 2.55. The second kappa shape index (κ2) is 5.73. The highest BCUT2D eigenvalue weighted by Crippen LogP contribution is 2.14. The molecule has 4 nitrogen and oxygen atoms in total. The summed E-state index contributed by atoms with van der Waals surface area (Å²) < 4.78 is 0. The second-order valence-corrected chi connectivity index (χ2v) is 3.97. The molecule has 0 atom stereocenters. The summed E-state index contributed by atoms with van der Waals surface area (Å²) in [4.78, 5) is 20.6. The lowest BCUT2D eigenvalue weighted by molar-refractivity contribution is -0.384. The molecule has 0 heterocycles. The molecule has 0 radical (unpaired) electrons. The highest BCUT2D eigenvalue weighted by atomic mass is 16.6. The molecule has 0 bridgehead atoms. The van der Waals surface area contributed by atoms with E-state index in [-0.39, 0.29) is 5.69 Å². The second-order valence-electron chi connectivity index (χ2n) is 3.97. The highest BCUT2D eigenvalue weighted by molar-refractivity contribution is 5.76. The van der Waals surface area contributed by atoms with Gasteiger partial charge < -0.3 is 0 Å². The fraction of sp³-hybridized carbons (Fsp3) is 0. The Morgan fingerprint density at radius 3 is 1.63 bits per heavy atom. The lowest BCUT2D eigenvalue weighted by atomic mass is 10.1. The van der Waals surface area contributed by atoms with Gasteiger partial charge in [-0.2, -0.15) is 0 Å². The standard InChI is InChI=1S/C15H11NO3/c17-11-14-5-3-12(4-6-14)1-2-13-7-9-15(10-8-13)16(18)19/h1-11H/b2-1+. The van der Waals surface area contributed by atoms with E-state index in [1.807, 2.05) is 24.3 Å². The number of nitrogens with zero attached hydrogens (tertiary/aromatic N) is 1. The summed E-state index contributed by atoms with van der Waals surface area (Å²) in [5, 5.41) is 10.5. The maximum absolute atomic E-state index is 10.5.